The van der Waals surface area contributed by atoms with Crippen LogP contribution in [0.4, 0.5) is 16.2 Å². The Bertz CT molecular complexity index is 726. The van der Waals surface area contributed by atoms with Gasteiger partial charge in [-0.3, -0.25) is 9.59 Å². The highest BCUT2D eigenvalue weighted by Gasteiger charge is 2.13. The maximum absolute atomic E-state index is 11.9. The molecule has 0 aliphatic heterocycles. The molecule has 25 heavy (non-hydrogen) atoms. The topological polar surface area (TPSA) is 112 Å². The normalized spacial score (nSPS) is 11.3. The van der Waals surface area contributed by atoms with Crippen LogP contribution in [0.2, 0.25) is 0 Å². The van der Waals surface area contributed by atoms with E-state index in [1.54, 1.807) is 43.3 Å². The van der Waals surface area contributed by atoms with Gasteiger partial charge in [0.05, 0.1) is 12.8 Å². The summed E-state index contributed by atoms with van der Waals surface area (Å²) < 4.78 is 5.12. The number of hydrogen-bond acceptors (Lipinski definition) is 4. The van der Waals surface area contributed by atoms with Gasteiger partial charge in [-0.1, -0.05) is 0 Å². The minimum atomic E-state index is -0.636. The lowest BCUT2D eigenvalue weighted by atomic mass is 10.2. The zero-order chi connectivity index (χ0) is 18.2. The zero-order valence-corrected chi connectivity index (χ0v) is 14.0. The van der Waals surface area contributed by atoms with Crippen molar-refractivity contribution in [3.63, 3.8) is 0 Å². The van der Waals surface area contributed by atoms with Crippen LogP contribution in [-0.4, -0.2) is 23.9 Å². The first-order valence-electron chi connectivity index (χ1n) is 7.69. The van der Waals surface area contributed by atoms with E-state index in [-0.39, 0.29) is 24.4 Å². The number of rotatable bonds is 6. The van der Waals surface area contributed by atoms with Gasteiger partial charge in [-0.2, -0.15) is 0 Å². The van der Waals surface area contributed by atoms with Crippen LogP contribution in [0, 0.1) is 0 Å². The van der Waals surface area contributed by atoms with Crippen LogP contribution >= 0.6 is 0 Å². The lowest BCUT2D eigenvalue weighted by Gasteiger charge is -2.13. The van der Waals surface area contributed by atoms with E-state index in [1.165, 1.54) is 13.2 Å². The molecule has 1 atom stereocenters. The lowest BCUT2D eigenvalue weighted by Crippen LogP contribution is -2.40. The molecule has 2 rings (SSSR count). The van der Waals surface area contributed by atoms with E-state index in [1.807, 2.05) is 0 Å². The molecule has 2 aromatic rings. The molecular formula is C17H20N4O4. The molecule has 0 aliphatic carbocycles. The van der Waals surface area contributed by atoms with Crippen LogP contribution in [0.3, 0.4) is 0 Å². The fourth-order valence-electron chi connectivity index (χ4n) is 2.01. The molecule has 8 heteroatoms. The number of anilines is 2. The summed E-state index contributed by atoms with van der Waals surface area (Å²) in [5.41, 5.74) is 1.13. The third kappa shape index (κ3) is 6.02. The van der Waals surface area contributed by atoms with Gasteiger partial charge in [0.15, 0.2) is 0 Å². The predicted octanol–water partition coefficient (Wildman–Crippen LogP) is 2.06. The number of hydrogen-bond donors (Lipinski definition) is 4. The Morgan fingerprint density at radius 3 is 2.24 bits per heavy atom. The molecule has 1 aromatic carbocycles. The van der Waals surface area contributed by atoms with Gasteiger partial charge < -0.3 is 25.7 Å². The second-order valence-corrected chi connectivity index (χ2v) is 5.38. The number of benzene rings is 1. The first kappa shape index (κ1) is 18.1. The molecule has 1 aromatic heterocycles. The summed E-state index contributed by atoms with van der Waals surface area (Å²) in [6, 6.07) is 9.13. The highest BCUT2D eigenvalue weighted by Crippen LogP contribution is 2.13. The van der Waals surface area contributed by atoms with Crippen LogP contribution in [0.15, 0.2) is 47.1 Å². The van der Waals surface area contributed by atoms with Crippen molar-refractivity contribution in [2.45, 2.75) is 26.4 Å². The highest BCUT2D eigenvalue weighted by atomic mass is 16.3. The second kappa shape index (κ2) is 8.53. The summed E-state index contributed by atoms with van der Waals surface area (Å²) in [6.07, 6.45) is 1.54. The fourth-order valence-corrected chi connectivity index (χ4v) is 2.01. The van der Waals surface area contributed by atoms with Gasteiger partial charge in [0.1, 0.15) is 11.8 Å². The Morgan fingerprint density at radius 1 is 1.04 bits per heavy atom. The Kier molecular flexibility index (Phi) is 6.16. The molecule has 132 valence electrons. The summed E-state index contributed by atoms with van der Waals surface area (Å²) in [7, 11) is 0. The molecule has 0 bridgehead atoms. The van der Waals surface area contributed by atoms with E-state index in [4.69, 9.17) is 4.42 Å². The highest BCUT2D eigenvalue weighted by molar-refractivity contribution is 5.97. The average Bonchev–Trinajstić information content (AvgIpc) is 3.07. The molecule has 8 nitrogen and oxygen atoms in total. The number of furan rings is 1. The second-order valence-electron chi connectivity index (χ2n) is 5.38. The van der Waals surface area contributed by atoms with Crippen molar-refractivity contribution < 1.29 is 18.8 Å². The monoisotopic (exact) mass is 344 g/mol. The Labute approximate surface area is 145 Å². The van der Waals surface area contributed by atoms with E-state index in [2.05, 4.69) is 21.3 Å². The van der Waals surface area contributed by atoms with Crippen molar-refractivity contribution in [3.05, 3.63) is 48.4 Å². The molecule has 0 radical (unpaired) electrons. The van der Waals surface area contributed by atoms with E-state index in [0.29, 0.717) is 17.1 Å². The minimum absolute atomic E-state index is 0.275. The van der Waals surface area contributed by atoms with Gasteiger partial charge in [0, 0.05) is 18.3 Å². The predicted molar refractivity (Wildman–Crippen MR) is 92.9 cm³/mol. The smallest absolute Gasteiger partial charge is 0.319 e. The van der Waals surface area contributed by atoms with Crippen LogP contribution in [-0.2, 0) is 16.1 Å². The zero-order valence-electron chi connectivity index (χ0n) is 14.0. The SMILES string of the molecule is CC(=O)NC(C)C(=O)Nc1ccc(NC(=O)NCc2ccco2)cc1. The maximum Gasteiger partial charge on any atom is 0.319 e. The summed E-state index contributed by atoms with van der Waals surface area (Å²) >= 11 is 0. The van der Waals surface area contributed by atoms with Crippen molar-refractivity contribution in [2.24, 2.45) is 0 Å². The van der Waals surface area contributed by atoms with Gasteiger partial charge in [0.2, 0.25) is 11.8 Å². The number of carbonyl (C=O) groups is 3. The van der Waals surface area contributed by atoms with Gasteiger partial charge in [0.25, 0.3) is 0 Å². The first-order chi connectivity index (χ1) is 11.9. The van der Waals surface area contributed by atoms with Crippen molar-refractivity contribution in [2.75, 3.05) is 10.6 Å². The average molecular weight is 344 g/mol. The maximum atomic E-state index is 11.9. The van der Waals surface area contributed by atoms with Crippen molar-refractivity contribution in [3.8, 4) is 0 Å². The van der Waals surface area contributed by atoms with Crippen LogP contribution < -0.4 is 21.3 Å². The third-order valence-electron chi connectivity index (χ3n) is 3.23. The Morgan fingerprint density at radius 2 is 1.68 bits per heavy atom. The fraction of sp³-hybridized carbons (Fsp3) is 0.235. The van der Waals surface area contributed by atoms with Crippen molar-refractivity contribution in [1.29, 1.82) is 0 Å². The number of amides is 4. The van der Waals surface area contributed by atoms with E-state index >= 15 is 0 Å². The lowest BCUT2D eigenvalue weighted by molar-refractivity contribution is -0.124. The van der Waals surface area contributed by atoms with Crippen LogP contribution in [0.1, 0.15) is 19.6 Å². The molecular weight excluding hydrogens is 324 g/mol. The molecule has 0 fully saturated rings. The van der Waals surface area contributed by atoms with Crippen molar-refractivity contribution >= 4 is 29.2 Å². The van der Waals surface area contributed by atoms with Crippen molar-refractivity contribution in [1.82, 2.24) is 10.6 Å². The largest absolute Gasteiger partial charge is 0.467 e. The molecule has 1 heterocycles. The standard InChI is InChI=1S/C17H20N4O4/c1-11(19-12(2)22)16(23)20-13-5-7-14(8-6-13)21-17(24)18-10-15-4-3-9-25-15/h3-9,11H,10H2,1-2H3,(H,19,22)(H,20,23)(H2,18,21,24). The molecule has 0 saturated carbocycles. The molecule has 4 N–H and O–H groups in total. The number of carbonyl (C=O) groups excluding carboxylic acids is 3. The van der Waals surface area contributed by atoms with Gasteiger partial charge in [-0.25, -0.2) is 4.79 Å². The van der Waals surface area contributed by atoms with Crippen LogP contribution in [0.5, 0.6) is 0 Å². The Hall–Kier alpha value is -3.29. The van der Waals surface area contributed by atoms with E-state index < -0.39 is 6.04 Å². The van der Waals surface area contributed by atoms with E-state index in [0.717, 1.165) is 0 Å². The molecule has 0 saturated heterocycles. The molecule has 1 unspecified atom stereocenters. The quantitative estimate of drug-likeness (QED) is 0.642. The molecule has 0 spiro atoms. The number of nitrogens with one attached hydrogen (secondary N) is 4. The summed E-state index contributed by atoms with van der Waals surface area (Å²) in [5.74, 6) is 0.0522. The molecule has 0 aliphatic rings. The summed E-state index contributed by atoms with van der Waals surface area (Å²) in [4.78, 5) is 34.6. The van der Waals surface area contributed by atoms with E-state index in [9.17, 15) is 14.4 Å². The third-order valence-corrected chi connectivity index (χ3v) is 3.23. The van der Waals surface area contributed by atoms with Crippen LogP contribution in [0.25, 0.3) is 0 Å². The summed E-state index contributed by atoms with van der Waals surface area (Å²) in [5, 5.41) is 10.5. The summed E-state index contributed by atoms with van der Waals surface area (Å²) in [6.45, 7) is 3.23. The number of urea groups is 1. The van der Waals surface area contributed by atoms with Gasteiger partial charge in [-0.05, 0) is 43.3 Å². The van der Waals surface area contributed by atoms with Gasteiger partial charge >= 0.3 is 6.03 Å². The minimum Gasteiger partial charge on any atom is -0.467 e. The van der Waals surface area contributed by atoms with Gasteiger partial charge in [-0.15, -0.1) is 0 Å². The Balaban J connectivity index is 1.81. The first-order valence-corrected chi connectivity index (χ1v) is 7.69. The molecule has 4 amide bonds.